The van der Waals surface area contributed by atoms with Crippen molar-refractivity contribution < 1.29 is 26.3 Å². The van der Waals surface area contributed by atoms with Gasteiger partial charge in [-0.05, 0) is 105 Å². The molecule has 3 atom stereocenters. The maximum atomic E-state index is 15.4. The van der Waals surface area contributed by atoms with Crippen LogP contribution in [0.1, 0.15) is 68.1 Å². The molecule has 0 aliphatic heterocycles. The van der Waals surface area contributed by atoms with E-state index in [0.717, 1.165) is 44.6 Å². The molecule has 3 unspecified atom stereocenters. The highest BCUT2D eigenvalue weighted by Gasteiger charge is 2.38. The molecule has 6 heteroatoms. The molecule has 0 amide bonds. The first-order chi connectivity index (χ1) is 15.2. The first-order valence-electron chi connectivity index (χ1n) is 11.2. The van der Waals surface area contributed by atoms with Gasteiger partial charge in [0.05, 0.1) is 11.1 Å². The number of hydrogen-bond donors (Lipinski definition) is 0. The fourth-order valence-corrected chi connectivity index (χ4v) is 5.61. The molecule has 172 valence electrons. The van der Waals surface area contributed by atoms with Gasteiger partial charge in [0.1, 0.15) is 17.5 Å². The van der Waals surface area contributed by atoms with Crippen molar-refractivity contribution in [2.75, 3.05) is 0 Å². The lowest BCUT2D eigenvalue weighted by Crippen LogP contribution is -2.29. The summed E-state index contributed by atoms with van der Waals surface area (Å²) in [4.78, 5) is 0. The van der Waals surface area contributed by atoms with Crippen molar-refractivity contribution in [3.05, 3.63) is 70.6 Å². The molecule has 0 bridgehead atoms. The van der Waals surface area contributed by atoms with Crippen LogP contribution in [0, 0.1) is 29.3 Å². The molecule has 0 heterocycles. The Labute approximate surface area is 184 Å². The van der Waals surface area contributed by atoms with Gasteiger partial charge in [-0.2, -0.15) is 13.2 Å². The van der Waals surface area contributed by atoms with Crippen molar-refractivity contribution in [2.24, 2.45) is 11.8 Å². The summed E-state index contributed by atoms with van der Waals surface area (Å²) in [6.45, 7) is 2.01. The van der Waals surface area contributed by atoms with E-state index in [2.05, 4.69) is 6.08 Å². The minimum absolute atomic E-state index is 0.0964. The lowest BCUT2D eigenvalue weighted by atomic mass is 9.64. The molecule has 2 aliphatic rings. The van der Waals surface area contributed by atoms with E-state index in [-0.39, 0.29) is 11.5 Å². The highest BCUT2D eigenvalue weighted by Crippen LogP contribution is 2.49. The number of rotatable bonds is 4. The molecule has 2 aromatic rings. The van der Waals surface area contributed by atoms with Gasteiger partial charge in [-0.25, -0.2) is 13.2 Å². The van der Waals surface area contributed by atoms with Crippen LogP contribution < -0.4 is 0 Å². The summed E-state index contributed by atoms with van der Waals surface area (Å²) in [6, 6.07) is 3.37. The molecule has 2 aromatic carbocycles. The van der Waals surface area contributed by atoms with Gasteiger partial charge >= 0.3 is 6.18 Å². The van der Waals surface area contributed by atoms with Crippen molar-refractivity contribution in [3.63, 3.8) is 0 Å². The summed E-state index contributed by atoms with van der Waals surface area (Å²) in [7, 11) is 0. The summed E-state index contributed by atoms with van der Waals surface area (Å²) in [5.74, 6) is -2.05. The molecular formula is C26H26F6. The highest BCUT2D eigenvalue weighted by atomic mass is 19.4. The van der Waals surface area contributed by atoms with Crippen molar-refractivity contribution in [2.45, 2.75) is 64.0 Å². The van der Waals surface area contributed by atoms with E-state index in [9.17, 15) is 17.6 Å². The minimum atomic E-state index is -4.86. The lowest BCUT2D eigenvalue weighted by Gasteiger charge is -2.41. The first kappa shape index (κ1) is 22.9. The quantitative estimate of drug-likeness (QED) is 0.322. The molecule has 1 fully saturated rings. The van der Waals surface area contributed by atoms with Gasteiger partial charge in [-0.15, -0.1) is 0 Å². The SMILES string of the molecule is CC=CCCC1CCC2c3cc(F)c(-c4ccc(C(F)(F)F)c(F)c4)c(F)c3CCC2C1. The smallest absolute Gasteiger partial charge is 0.206 e. The van der Waals surface area contributed by atoms with Gasteiger partial charge in [0.15, 0.2) is 0 Å². The van der Waals surface area contributed by atoms with Crippen LogP contribution in [0.4, 0.5) is 26.3 Å². The topological polar surface area (TPSA) is 0 Å². The van der Waals surface area contributed by atoms with Gasteiger partial charge in [-0.1, -0.05) is 18.2 Å². The van der Waals surface area contributed by atoms with Gasteiger partial charge in [-0.3, -0.25) is 0 Å². The average molecular weight is 452 g/mol. The Hall–Kier alpha value is -2.24. The first-order valence-corrected chi connectivity index (χ1v) is 11.2. The van der Waals surface area contributed by atoms with E-state index < -0.39 is 34.8 Å². The fraction of sp³-hybridized carbons (Fsp3) is 0.462. The van der Waals surface area contributed by atoms with E-state index in [1.807, 2.05) is 13.0 Å². The zero-order valence-electron chi connectivity index (χ0n) is 17.9. The van der Waals surface area contributed by atoms with Crippen LogP contribution in [0.25, 0.3) is 11.1 Å². The normalized spacial score (nSPS) is 23.3. The summed E-state index contributed by atoms with van der Waals surface area (Å²) in [5.41, 5.74) is -1.01. The number of fused-ring (bicyclic) bond motifs is 3. The minimum Gasteiger partial charge on any atom is -0.206 e. The third-order valence-electron chi connectivity index (χ3n) is 7.15. The number of allylic oxidation sites excluding steroid dienone is 2. The Kier molecular flexibility index (Phi) is 6.42. The fourth-order valence-electron chi connectivity index (χ4n) is 5.61. The monoisotopic (exact) mass is 452 g/mol. The zero-order chi connectivity index (χ0) is 23.0. The standard InChI is InChI=1S/C26H26F6/c1-2-3-4-5-15-6-9-18-16(12-15)7-10-19-20(18)14-23(28)24(25(19)29)17-8-11-21(22(27)13-17)26(30,31)32/h2-3,8,11,13-16,18H,4-7,9-10,12H2,1H3. The molecule has 2 aliphatic carbocycles. The molecular weight excluding hydrogens is 426 g/mol. The molecule has 0 aromatic heterocycles. The van der Waals surface area contributed by atoms with Gasteiger partial charge < -0.3 is 0 Å². The Morgan fingerprint density at radius 3 is 2.47 bits per heavy atom. The summed E-state index contributed by atoms with van der Waals surface area (Å²) in [6.07, 6.45) is 5.74. The molecule has 4 rings (SSSR count). The van der Waals surface area contributed by atoms with Crippen LogP contribution in [0.15, 0.2) is 36.4 Å². The second-order valence-corrected chi connectivity index (χ2v) is 9.04. The number of benzene rings is 2. The Morgan fingerprint density at radius 2 is 1.78 bits per heavy atom. The molecule has 0 nitrogen and oxygen atoms in total. The van der Waals surface area contributed by atoms with Crippen LogP contribution in [0.3, 0.4) is 0 Å². The van der Waals surface area contributed by atoms with Gasteiger partial charge in [0.25, 0.3) is 0 Å². The third-order valence-corrected chi connectivity index (χ3v) is 7.15. The summed E-state index contributed by atoms with van der Waals surface area (Å²) in [5, 5.41) is 0. The Morgan fingerprint density at radius 1 is 1.00 bits per heavy atom. The number of hydrogen-bond acceptors (Lipinski definition) is 0. The van der Waals surface area contributed by atoms with Crippen LogP contribution in [-0.4, -0.2) is 0 Å². The van der Waals surface area contributed by atoms with E-state index in [4.69, 9.17) is 0 Å². The predicted octanol–water partition coefficient (Wildman–Crippen LogP) is 8.59. The predicted molar refractivity (Wildman–Crippen MR) is 113 cm³/mol. The Bertz CT molecular complexity index is 1020. The highest BCUT2D eigenvalue weighted by molar-refractivity contribution is 5.68. The van der Waals surface area contributed by atoms with Crippen LogP contribution in [-0.2, 0) is 12.6 Å². The van der Waals surface area contributed by atoms with Crippen LogP contribution in [0.5, 0.6) is 0 Å². The Balaban J connectivity index is 1.63. The zero-order valence-corrected chi connectivity index (χ0v) is 17.9. The second-order valence-electron chi connectivity index (χ2n) is 9.04. The lowest BCUT2D eigenvalue weighted by molar-refractivity contribution is -0.139. The summed E-state index contributed by atoms with van der Waals surface area (Å²) >= 11 is 0. The number of alkyl halides is 3. The van der Waals surface area contributed by atoms with Crippen molar-refractivity contribution in [1.29, 1.82) is 0 Å². The molecule has 32 heavy (non-hydrogen) atoms. The average Bonchev–Trinajstić information content (AvgIpc) is 2.73. The van der Waals surface area contributed by atoms with Gasteiger partial charge in [0.2, 0.25) is 0 Å². The van der Waals surface area contributed by atoms with E-state index >= 15 is 8.78 Å². The largest absolute Gasteiger partial charge is 0.419 e. The molecule has 0 radical (unpaired) electrons. The summed E-state index contributed by atoms with van der Waals surface area (Å²) < 4.78 is 83.0. The maximum Gasteiger partial charge on any atom is 0.419 e. The van der Waals surface area contributed by atoms with Crippen LogP contribution >= 0.6 is 0 Å². The molecule has 0 saturated heterocycles. The molecule has 0 spiro atoms. The molecule has 0 N–H and O–H groups in total. The third kappa shape index (κ3) is 4.33. The molecule has 1 saturated carbocycles. The van der Waals surface area contributed by atoms with E-state index in [1.165, 1.54) is 6.07 Å². The van der Waals surface area contributed by atoms with Crippen molar-refractivity contribution in [3.8, 4) is 11.1 Å². The van der Waals surface area contributed by atoms with E-state index in [1.54, 1.807) is 0 Å². The van der Waals surface area contributed by atoms with Crippen molar-refractivity contribution in [1.82, 2.24) is 0 Å². The second kappa shape index (κ2) is 8.95. The van der Waals surface area contributed by atoms with Crippen molar-refractivity contribution >= 4 is 0 Å². The number of halogens is 6. The van der Waals surface area contributed by atoms with Crippen LogP contribution in [0.2, 0.25) is 0 Å². The maximum absolute atomic E-state index is 15.4. The van der Waals surface area contributed by atoms with E-state index in [0.29, 0.717) is 41.5 Å². The van der Waals surface area contributed by atoms with Gasteiger partial charge in [0, 0.05) is 0 Å².